The maximum atomic E-state index is 12.8. The molecule has 0 spiro atoms. The van der Waals surface area contributed by atoms with Crippen molar-refractivity contribution in [3.8, 4) is 11.8 Å². The first-order chi connectivity index (χ1) is 8.06. The van der Waals surface area contributed by atoms with Crippen molar-refractivity contribution in [3.63, 3.8) is 0 Å². The second kappa shape index (κ2) is 4.07. The molecule has 86 valence electrons. The van der Waals surface area contributed by atoms with Crippen LogP contribution in [0.1, 0.15) is 5.69 Å². The molecule has 0 radical (unpaired) electrons. The Kier molecular flexibility index (Phi) is 2.74. The fourth-order valence-corrected chi connectivity index (χ4v) is 1.85. The largest absolute Gasteiger partial charge is 0.334 e. The quantitative estimate of drug-likeness (QED) is 0.777. The minimum atomic E-state index is -0.446. The van der Waals surface area contributed by atoms with E-state index in [2.05, 4.69) is 0 Å². The van der Waals surface area contributed by atoms with Gasteiger partial charge in [-0.25, -0.2) is 13.8 Å². The molecule has 1 heterocycles. The van der Waals surface area contributed by atoms with Crippen LogP contribution in [-0.2, 0) is 7.05 Å². The van der Waals surface area contributed by atoms with E-state index in [1.807, 2.05) is 6.07 Å². The van der Waals surface area contributed by atoms with Crippen LogP contribution in [-0.4, -0.2) is 9.13 Å². The number of nitrogens with zero attached hydrogens (tertiary/aromatic N) is 3. The van der Waals surface area contributed by atoms with Gasteiger partial charge in [-0.3, -0.25) is 4.57 Å². The zero-order valence-corrected chi connectivity index (χ0v) is 9.57. The monoisotopic (exact) mass is 251 g/mol. The van der Waals surface area contributed by atoms with E-state index in [0.29, 0.717) is 5.69 Å². The molecule has 0 saturated heterocycles. The van der Waals surface area contributed by atoms with Crippen LogP contribution in [0.15, 0.2) is 29.1 Å². The number of hydrogen-bond donors (Lipinski definition) is 0. The third kappa shape index (κ3) is 1.73. The molecule has 0 fully saturated rings. The molecular weight excluding hydrogens is 245 g/mol. The van der Waals surface area contributed by atoms with Gasteiger partial charge in [-0.2, -0.15) is 5.26 Å². The van der Waals surface area contributed by atoms with E-state index in [-0.39, 0.29) is 10.8 Å². The van der Waals surface area contributed by atoms with Gasteiger partial charge in [-0.05, 0) is 24.3 Å². The molecule has 0 atom stereocenters. The fourth-order valence-electron chi connectivity index (χ4n) is 1.51. The van der Waals surface area contributed by atoms with E-state index in [9.17, 15) is 9.18 Å². The molecule has 0 aliphatic carbocycles. The maximum absolute atomic E-state index is 12.8. The van der Waals surface area contributed by atoms with Crippen LogP contribution < -0.4 is 5.69 Å². The summed E-state index contributed by atoms with van der Waals surface area (Å²) in [4.78, 5) is 11.9. The van der Waals surface area contributed by atoms with Crippen molar-refractivity contribution in [2.45, 2.75) is 0 Å². The molecule has 2 aromatic rings. The smallest absolute Gasteiger partial charge is 0.285 e. The van der Waals surface area contributed by atoms with Crippen molar-refractivity contribution in [2.24, 2.45) is 7.05 Å². The Morgan fingerprint density at radius 3 is 2.41 bits per heavy atom. The molecule has 6 heteroatoms. The maximum Gasteiger partial charge on any atom is 0.334 e. The summed E-state index contributed by atoms with van der Waals surface area (Å²) in [5, 5.41) is 8.88. The van der Waals surface area contributed by atoms with Gasteiger partial charge in [-0.1, -0.05) is 11.6 Å². The van der Waals surface area contributed by atoms with Crippen LogP contribution in [0.2, 0.25) is 5.15 Å². The Labute approximate surface area is 101 Å². The molecule has 0 saturated carbocycles. The van der Waals surface area contributed by atoms with E-state index in [1.54, 1.807) is 0 Å². The van der Waals surface area contributed by atoms with E-state index in [1.165, 1.54) is 31.3 Å². The molecule has 17 heavy (non-hydrogen) atoms. The Hall–Kier alpha value is -2.06. The van der Waals surface area contributed by atoms with Gasteiger partial charge in [0.1, 0.15) is 11.9 Å². The van der Waals surface area contributed by atoms with Gasteiger partial charge >= 0.3 is 5.69 Å². The molecule has 0 aliphatic rings. The van der Waals surface area contributed by atoms with Crippen LogP contribution >= 0.6 is 11.6 Å². The normalized spacial score (nSPS) is 10.2. The highest BCUT2D eigenvalue weighted by Gasteiger charge is 2.16. The fraction of sp³-hybridized carbons (Fsp3) is 0.0909. The number of aromatic nitrogens is 2. The molecule has 0 aliphatic heterocycles. The van der Waals surface area contributed by atoms with Gasteiger partial charge in [-0.15, -0.1) is 0 Å². The first kappa shape index (κ1) is 11.4. The summed E-state index contributed by atoms with van der Waals surface area (Å²) < 4.78 is 15.1. The van der Waals surface area contributed by atoms with Crippen LogP contribution in [0.5, 0.6) is 0 Å². The summed E-state index contributed by atoms with van der Waals surface area (Å²) in [6.45, 7) is 0. The van der Waals surface area contributed by atoms with E-state index >= 15 is 0 Å². The van der Waals surface area contributed by atoms with E-state index in [0.717, 1.165) is 9.13 Å². The molecular formula is C11H7ClFN3O. The van der Waals surface area contributed by atoms with Crippen molar-refractivity contribution >= 4 is 11.6 Å². The minimum absolute atomic E-state index is 0.0200. The highest BCUT2D eigenvalue weighted by Crippen LogP contribution is 2.18. The Morgan fingerprint density at radius 2 is 1.94 bits per heavy atom. The number of imidazole rings is 1. The van der Waals surface area contributed by atoms with Gasteiger partial charge in [0, 0.05) is 7.05 Å². The number of halogens is 2. The number of rotatable bonds is 1. The summed E-state index contributed by atoms with van der Waals surface area (Å²) in [5.41, 5.74) is 0.0395. The average Bonchev–Trinajstić information content (AvgIpc) is 2.52. The highest BCUT2D eigenvalue weighted by molar-refractivity contribution is 6.30. The number of hydrogen-bond acceptors (Lipinski definition) is 2. The second-order valence-electron chi connectivity index (χ2n) is 3.40. The van der Waals surface area contributed by atoms with E-state index in [4.69, 9.17) is 16.9 Å². The second-order valence-corrected chi connectivity index (χ2v) is 3.76. The molecule has 0 amide bonds. The van der Waals surface area contributed by atoms with Crippen molar-refractivity contribution in [1.82, 2.24) is 9.13 Å². The third-order valence-electron chi connectivity index (χ3n) is 2.40. The number of nitriles is 1. The summed E-state index contributed by atoms with van der Waals surface area (Å²) in [6.07, 6.45) is 0. The highest BCUT2D eigenvalue weighted by atomic mass is 35.5. The van der Waals surface area contributed by atoms with Gasteiger partial charge < -0.3 is 0 Å². The molecule has 0 bridgehead atoms. The molecule has 1 aromatic carbocycles. The lowest BCUT2D eigenvalue weighted by atomic mass is 10.3. The lowest BCUT2D eigenvalue weighted by Crippen LogP contribution is -2.21. The first-order valence-electron chi connectivity index (χ1n) is 4.69. The topological polar surface area (TPSA) is 50.7 Å². The van der Waals surface area contributed by atoms with Gasteiger partial charge in [0.15, 0.2) is 10.8 Å². The lowest BCUT2D eigenvalue weighted by molar-refractivity contribution is 0.627. The van der Waals surface area contributed by atoms with Crippen LogP contribution in [0.25, 0.3) is 5.69 Å². The predicted octanol–water partition coefficient (Wildman–Crippen LogP) is 1.84. The van der Waals surface area contributed by atoms with Gasteiger partial charge in [0.05, 0.1) is 5.69 Å². The third-order valence-corrected chi connectivity index (χ3v) is 2.74. The van der Waals surface area contributed by atoms with Crippen molar-refractivity contribution in [3.05, 3.63) is 51.4 Å². The molecule has 2 rings (SSSR count). The summed E-state index contributed by atoms with van der Waals surface area (Å²) >= 11 is 5.94. The van der Waals surface area contributed by atoms with Gasteiger partial charge in [0.2, 0.25) is 0 Å². The van der Waals surface area contributed by atoms with Crippen LogP contribution in [0.4, 0.5) is 4.39 Å². The number of benzene rings is 1. The van der Waals surface area contributed by atoms with Crippen LogP contribution in [0.3, 0.4) is 0 Å². The van der Waals surface area contributed by atoms with Crippen molar-refractivity contribution in [1.29, 1.82) is 5.26 Å². The summed E-state index contributed by atoms with van der Waals surface area (Å²) in [5.74, 6) is -0.408. The van der Waals surface area contributed by atoms with Crippen LogP contribution in [0, 0.1) is 17.1 Å². The summed E-state index contributed by atoms with van der Waals surface area (Å²) in [7, 11) is 1.45. The minimum Gasteiger partial charge on any atom is -0.285 e. The molecule has 0 unspecified atom stereocenters. The van der Waals surface area contributed by atoms with Crippen molar-refractivity contribution < 1.29 is 4.39 Å². The molecule has 0 N–H and O–H groups in total. The first-order valence-corrected chi connectivity index (χ1v) is 5.07. The summed E-state index contributed by atoms with van der Waals surface area (Å²) in [6, 6.07) is 7.12. The molecule has 1 aromatic heterocycles. The zero-order chi connectivity index (χ0) is 12.6. The zero-order valence-electron chi connectivity index (χ0n) is 8.82. The van der Waals surface area contributed by atoms with Crippen molar-refractivity contribution in [2.75, 3.05) is 0 Å². The average molecular weight is 252 g/mol. The Bertz CT molecular complexity index is 664. The Morgan fingerprint density at radius 1 is 1.35 bits per heavy atom. The molecule has 4 nitrogen and oxygen atoms in total. The predicted molar refractivity (Wildman–Crippen MR) is 60.7 cm³/mol. The van der Waals surface area contributed by atoms with Gasteiger partial charge in [0.25, 0.3) is 0 Å². The lowest BCUT2D eigenvalue weighted by Gasteiger charge is -2.01. The SMILES string of the molecule is Cn1c(C#N)c(Cl)n(-c2ccc(F)cc2)c1=O. The Balaban J connectivity index is 2.73. The standard InChI is InChI=1S/C11H7ClFN3O/c1-15-9(6-14)10(12)16(11(15)17)8-4-2-7(13)3-5-8/h2-5H,1H3. The van der Waals surface area contributed by atoms with E-state index < -0.39 is 11.5 Å².